The quantitative estimate of drug-likeness (QED) is 0.793. The number of hydrogen-bond acceptors (Lipinski definition) is 2. The lowest BCUT2D eigenvalue weighted by molar-refractivity contribution is -0.129. The minimum atomic E-state index is -0.656. The van der Waals surface area contributed by atoms with Gasteiger partial charge in [0.15, 0.2) is 0 Å². The summed E-state index contributed by atoms with van der Waals surface area (Å²) >= 11 is 8.62. The van der Waals surface area contributed by atoms with E-state index in [1.54, 1.807) is 0 Å². The Morgan fingerprint density at radius 3 is 2.38 bits per heavy atom. The van der Waals surface area contributed by atoms with Crippen LogP contribution in [0.5, 0.6) is 0 Å². The standard InChI is InChI=1S/C16H21BrN2OS/c1-11(12-5-7-13(17)8-6-12)19-15(20)16(14(18)21)9-3-2-4-10-16/h5-8,11H,2-4,9-10H2,1H3,(H2,18,21)(H,19,20). The predicted octanol–water partition coefficient (Wildman–Crippen LogP) is 3.86. The largest absolute Gasteiger partial charge is 0.392 e. The molecule has 1 saturated carbocycles. The molecule has 0 radical (unpaired) electrons. The number of nitrogens with one attached hydrogen (secondary N) is 1. The Morgan fingerprint density at radius 1 is 1.29 bits per heavy atom. The van der Waals surface area contributed by atoms with Crippen molar-refractivity contribution < 1.29 is 4.79 Å². The maximum atomic E-state index is 12.7. The number of benzene rings is 1. The van der Waals surface area contributed by atoms with Crippen LogP contribution in [0.2, 0.25) is 0 Å². The van der Waals surface area contributed by atoms with Crippen molar-refractivity contribution in [3.05, 3.63) is 34.3 Å². The van der Waals surface area contributed by atoms with E-state index < -0.39 is 5.41 Å². The zero-order chi connectivity index (χ0) is 15.5. The van der Waals surface area contributed by atoms with Gasteiger partial charge in [0.25, 0.3) is 0 Å². The van der Waals surface area contributed by atoms with Crippen molar-refractivity contribution >= 4 is 39.0 Å². The number of carbonyl (C=O) groups excluding carboxylic acids is 1. The maximum Gasteiger partial charge on any atom is 0.233 e. The minimum absolute atomic E-state index is 0.0230. The summed E-state index contributed by atoms with van der Waals surface area (Å²) in [5, 5.41) is 3.09. The molecule has 1 aromatic rings. The van der Waals surface area contributed by atoms with Crippen LogP contribution in [0, 0.1) is 5.41 Å². The summed E-state index contributed by atoms with van der Waals surface area (Å²) in [6, 6.07) is 7.90. The fourth-order valence-electron chi connectivity index (χ4n) is 2.91. The summed E-state index contributed by atoms with van der Waals surface area (Å²) in [5.41, 5.74) is 6.32. The summed E-state index contributed by atoms with van der Waals surface area (Å²) in [6.07, 6.45) is 4.71. The Labute approximate surface area is 139 Å². The first-order chi connectivity index (χ1) is 9.95. The molecular formula is C16H21BrN2OS. The number of nitrogens with two attached hydrogens (primary N) is 1. The molecule has 0 bridgehead atoms. The van der Waals surface area contributed by atoms with E-state index in [9.17, 15) is 4.79 Å². The Kier molecular flexibility index (Phi) is 5.38. The molecule has 1 aliphatic carbocycles. The maximum absolute atomic E-state index is 12.7. The number of carbonyl (C=O) groups is 1. The van der Waals surface area contributed by atoms with Gasteiger partial charge >= 0.3 is 0 Å². The van der Waals surface area contributed by atoms with Crippen LogP contribution in [-0.4, -0.2) is 10.9 Å². The van der Waals surface area contributed by atoms with Gasteiger partial charge in [-0.25, -0.2) is 0 Å². The second-order valence-electron chi connectivity index (χ2n) is 5.75. The normalized spacial score (nSPS) is 18.8. The first kappa shape index (κ1) is 16.4. The van der Waals surface area contributed by atoms with Crippen LogP contribution in [0.4, 0.5) is 0 Å². The van der Waals surface area contributed by atoms with Gasteiger partial charge in [-0.2, -0.15) is 0 Å². The second kappa shape index (κ2) is 6.88. The van der Waals surface area contributed by atoms with Gasteiger partial charge in [-0.3, -0.25) is 4.79 Å². The number of amides is 1. The molecule has 1 atom stereocenters. The summed E-state index contributed by atoms with van der Waals surface area (Å²) in [5.74, 6) is -0.0230. The van der Waals surface area contributed by atoms with E-state index in [0.29, 0.717) is 4.99 Å². The molecule has 114 valence electrons. The highest BCUT2D eigenvalue weighted by Crippen LogP contribution is 2.37. The Morgan fingerprint density at radius 2 is 1.86 bits per heavy atom. The van der Waals surface area contributed by atoms with Crippen molar-refractivity contribution in [2.45, 2.75) is 45.1 Å². The van der Waals surface area contributed by atoms with E-state index in [2.05, 4.69) is 21.2 Å². The van der Waals surface area contributed by atoms with Crippen LogP contribution in [0.15, 0.2) is 28.7 Å². The average molecular weight is 369 g/mol. The fourth-order valence-corrected chi connectivity index (χ4v) is 3.47. The smallest absolute Gasteiger partial charge is 0.233 e. The van der Waals surface area contributed by atoms with Gasteiger partial charge in [-0.05, 0) is 37.5 Å². The van der Waals surface area contributed by atoms with Crippen molar-refractivity contribution in [2.75, 3.05) is 0 Å². The molecule has 0 heterocycles. The summed E-state index contributed by atoms with van der Waals surface area (Å²) in [7, 11) is 0. The van der Waals surface area contributed by atoms with E-state index in [4.69, 9.17) is 18.0 Å². The van der Waals surface area contributed by atoms with Gasteiger partial charge in [-0.15, -0.1) is 0 Å². The first-order valence-electron chi connectivity index (χ1n) is 7.32. The van der Waals surface area contributed by atoms with Crippen molar-refractivity contribution in [1.82, 2.24) is 5.32 Å². The molecule has 0 spiro atoms. The third kappa shape index (κ3) is 3.64. The van der Waals surface area contributed by atoms with Crippen LogP contribution in [-0.2, 0) is 4.79 Å². The Hall–Kier alpha value is -0.940. The molecule has 1 aromatic carbocycles. The Bertz CT molecular complexity index is 524. The van der Waals surface area contributed by atoms with Gasteiger partial charge < -0.3 is 11.1 Å². The highest BCUT2D eigenvalue weighted by molar-refractivity contribution is 9.10. The lowest BCUT2D eigenvalue weighted by atomic mass is 9.73. The van der Waals surface area contributed by atoms with Crippen LogP contribution in [0.1, 0.15) is 50.6 Å². The lowest BCUT2D eigenvalue weighted by Crippen LogP contribution is -2.50. The summed E-state index contributed by atoms with van der Waals surface area (Å²) in [6.45, 7) is 1.98. The van der Waals surface area contributed by atoms with E-state index >= 15 is 0 Å². The van der Waals surface area contributed by atoms with E-state index in [1.807, 2.05) is 31.2 Å². The van der Waals surface area contributed by atoms with Crippen molar-refractivity contribution in [1.29, 1.82) is 0 Å². The van der Waals surface area contributed by atoms with Gasteiger partial charge in [0, 0.05) is 4.47 Å². The lowest BCUT2D eigenvalue weighted by Gasteiger charge is -2.35. The molecule has 5 heteroatoms. The first-order valence-corrected chi connectivity index (χ1v) is 8.52. The summed E-state index contributed by atoms with van der Waals surface area (Å²) in [4.78, 5) is 13.1. The molecule has 3 nitrogen and oxygen atoms in total. The monoisotopic (exact) mass is 368 g/mol. The number of halogens is 1. The molecular weight excluding hydrogens is 348 g/mol. The fraction of sp³-hybridized carbons (Fsp3) is 0.500. The van der Waals surface area contributed by atoms with Crippen molar-refractivity contribution in [3.8, 4) is 0 Å². The number of thiocarbonyl (C=S) groups is 1. The van der Waals surface area contributed by atoms with Gasteiger partial charge in [0.1, 0.15) is 0 Å². The number of rotatable bonds is 4. The van der Waals surface area contributed by atoms with Crippen LogP contribution >= 0.6 is 28.1 Å². The van der Waals surface area contributed by atoms with Crippen molar-refractivity contribution in [2.24, 2.45) is 11.1 Å². The highest BCUT2D eigenvalue weighted by atomic mass is 79.9. The zero-order valence-electron chi connectivity index (χ0n) is 12.2. The molecule has 21 heavy (non-hydrogen) atoms. The van der Waals surface area contributed by atoms with Gasteiger partial charge in [0.2, 0.25) is 5.91 Å². The third-order valence-electron chi connectivity index (χ3n) is 4.33. The van der Waals surface area contributed by atoms with Crippen LogP contribution in [0.25, 0.3) is 0 Å². The topological polar surface area (TPSA) is 55.1 Å². The highest BCUT2D eigenvalue weighted by Gasteiger charge is 2.42. The van der Waals surface area contributed by atoms with Gasteiger partial charge in [0.05, 0.1) is 16.4 Å². The molecule has 1 unspecified atom stereocenters. The molecule has 2 rings (SSSR count). The average Bonchev–Trinajstić information content (AvgIpc) is 2.48. The zero-order valence-corrected chi connectivity index (χ0v) is 14.6. The molecule has 1 aliphatic rings. The van der Waals surface area contributed by atoms with E-state index in [0.717, 1.165) is 42.1 Å². The molecule has 1 amide bonds. The Balaban J connectivity index is 2.11. The second-order valence-corrected chi connectivity index (χ2v) is 7.11. The molecule has 1 fully saturated rings. The molecule has 3 N–H and O–H groups in total. The van der Waals surface area contributed by atoms with Crippen LogP contribution in [0.3, 0.4) is 0 Å². The van der Waals surface area contributed by atoms with Crippen molar-refractivity contribution in [3.63, 3.8) is 0 Å². The molecule has 0 aliphatic heterocycles. The van der Waals surface area contributed by atoms with Gasteiger partial charge in [-0.1, -0.05) is 59.5 Å². The molecule has 0 saturated heterocycles. The minimum Gasteiger partial charge on any atom is -0.392 e. The predicted molar refractivity (Wildman–Crippen MR) is 93.0 cm³/mol. The molecule has 0 aromatic heterocycles. The van der Waals surface area contributed by atoms with E-state index in [1.165, 1.54) is 0 Å². The SMILES string of the molecule is CC(NC(=O)C1(C(N)=S)CCCCC1)c1ccc(Br)cc1. The summed E-state index contributed by atoms with van der Waals surface area (Å²) < 4.78 is 1.02. The van der Waals surface area contributed by atoms with Crippen LogP contribution < -0.4 is 11.1 Å². The third-order valence-corrected chi connectivity index (χ3v) is 5.25. The number of hydrogen-bond donors (Lipinski definition) is 2. The van der Waals surface area contributed by atoms with E-state index in [-0.39, 0.29) is 11.9 Å².